The monoisotopic (exact) mass is 653 g/mol. The Morgan fingerprint density at radius 3 is 2.08 bits per heavy atom. The van der Waals surface area contributed by atoms with E-state index in [4.69, 9.17) is 23.7 Å². The average molecular weight is 654 g/mol. The molecule has 4 aromatic rings. The van der Waals surface area contributed by atoms with E-state index in [1.807, 2.05) is 72.8 Å². The highest BCUT2D eigenvalue weighted by Gasteiger charge is 2.44. The van der Waals surface area contributed by atoms with Gasteiger partial charge in [-0.05, 0) is 67.3 Å². The van der Waals surface area contributed by atoms with Crippen molar-refractivity contribution in [2.45, 2.75) is 63.8 Å². The molecule has 1 heterocycles. The first-order valence-corrected chi connectivity index (χ1v) is 15.6. The fourth-order valence-electron chi connectivity index (χ4n) is 5.34. The molecule has 4 aromatic carbocycles. The smallest absolute Gasteiger partial charge is 0.408 e. The molecule has 48 heavy (non-hydrogen) atoms. The quantitative estimate of drug-likeness (QED) is 0.141. The number of alkyl carbamates (subject to hydrolysis) is 1. The standard InChI is InChI=1S/C38H39NO9/c1-38(2,3)48-35(41)31-29-21-27(32(33(40)36(42)44-4)39-37(43)46-23-25-13-9-6-10-14-25)17-20-30(29)47-34(31)26-15-18-28(19-16-26)45-22-24-11-7-5-8-12-24/h5-21,31-34,40H,22-23H2,1-4H3,(H,39,43)/t31-,32-,33+,34+/m1/s1. The Labute approximate surface area is 279 Å². The lowest BCUT2D eigenvalue weighted by molar-refractivity contribution is -0.158. The van der Waals surface area contributed by atoms with Crippen molar-refractivity contribution < 1.29 is 43.2 Å². The first-order valence-electron chi connectivity index (χ1n) is 15.6. The molecule has 4 atom stereocenters. The maximum absolute atomic E-state index is 13.8. The molecule has 5 rings (SSSR count). The fraction of sp³-hybridized carbons (Fsp3) is 0.289. The minimum absolute atomic E-state index is 0.0236. The Bertz CT molecular complexity index is 1700. The largest absolute Gasteiger partial charge is 0.489 e. The SMILES string of the molecule is COC(=O)[C@@H](O)[C@H](NC(=O)OCc1ccccc1)c1ccc2c(c1)[C@@H](C(=O)OC(C)(C)C)[C@H](c1ccc(OCc3ccccc3)cc1)O2. The number of carbonyl (C=O) groups is 3. The molecule has 0 fully saturated rings. The lowest BCUT2D eigenvalue weighted by Gasteiger charge is -2.25. The van der Waals surface area contributed by atoms with Crippen molar-refractivity contribution in [2.24, 2.45) is 0 Å². The molecule has 1 aliphatic heterocycles. The van der Waals surface area contributed by atoms with Crippen LogP contribution in [0.2, 0.25) is 0 Å². The van der Waals surface area contributed by atoms with Crippen molar-refractivity contribution in [3.8, 4) is 11.5 Å². The van der Waals surface area contributed by atoms with Gasteiger partial charge in [-0.1, -0.05) is 78.9 Å². The second kappa shape index (κ2) is 15.0. The van der Waals surface area contributed by atoms with Gasteiger partial charge in [-0.25, -0.2) is 9.59 Å². The number of methoxy groups -OCH3 is 1. The highest BCUT2D eigenvalue weighted by Crippen LogP contribution is 2.48. The van der Waals surface area contributed by atoms with Crippen LogP contribution in [0.3, 0.4) is 0 Å². The summed E-state index contributed by atoms with van der Waals surface area (Å²) < 4.78 is 28.2. The summed E-state index contributed by atoms with van der Waals surface area (Å²) in [5.74, 6) is -1.32. The molecule has 2 N–H and O–H groups in total. The fourth-order valence-corrected chi connectivity index (χ4v) is 5.34. The van der Waals surface area contributed by atoms with Gasteiger partial charge in [0.15, 0.2) is 6.10 Å². The average Bonchev–Trinajstić information content (AvgIpc) is 3.47. The zero-order valence-electron chi connectivity index (χ0n) is 27.3. The topological polar surface area (TPSA) is 130 Å². The van der Waals surface area contributed by atoms with Gasteiger partial charge in [0, 0.05) is 5.56 Å². The normalized spacial score (nSPS) is 16.4. The Balaban J connectivity index is 1.41. The molecule has 0 saturated heterocycles. The number of amides is 1. The number of aliphatic hydroxyl groups excluding tert-OH is 1. The molecule has 0 aromatic heterocycles. The van der Waals surface area contributed by atoms with Gasteiger partial charge in [0.1, 0.15) is 42.3 Å². The van der Waals surface area contributed by atoms with Crippen LogP contribution in [0.4, 0.5) is 4.79 Å². The number of esters is 2. The van der Waals surface area contributed by atoms with Gasteiger partial charge in [0.25, 0.3) is 0 Å². The minimum atomic E-state index is -1.78. The van der Waals surface area contributed by atoms with E-state index in [2.05, 4.69) is 5.32 Å². The molecule has 0 bridgehead atoms. The number of aliphatic hydroxyl groups is 1. The van der Waals surface area contributed by atoms with Crippen LogP contribution in [-0.2, 0) is 37.0 Å². The maximum atomic E-state index is 13.8. The van der Waals surface area contributed by atoms with Crippen LogP contribution in [0.25, 0.3) is 0 Å². The number of fused-ring (bicyclic) bond motifs is 1. The predicted molar refractivity (Wildman–Crippen MR) is 176 cm³/mol. The van der Waals surface area contributed by atoms with Crippen molar-refractivity contribution in [2.75, 3.05) is 7.11 Å². The number of nitrogens with one attached hydrogen (secondary N) is 1. The van der Waals surface area contributed by atoms with Crippen molar-refractivity contribution in [1.29, 1.82) is 0 Å². The van der Waals surface area contributed by atoms with Gasteiger partial charge < -0.3 is 34.1 Å². The van der Waals surface area contributed by atoms with Gasteiger partial charge >= 0.3 is 18.0 Å². The number of hydrogen-bond acceptors (Lipinski definition) is 9. The number of rotatable bonds is 11. The molecule has 1 amide bonds. The summed E-state index contributed by atoms with van der Waals surface area (Å²) in [6, 6.07) is 29.8. The third kappa shape index (κ3) is 8.51. The van der Waals surface area contributed by atoms with Gasteiger partial charge in [0.2, 0.25) is 0 Å². The molecular formula is C38H39NO9. The molecule has 0 radical (unpaired) electrons. The van der Waals surface area contributed by atoms with Crippen LogP contribution >= 0.6 is 0 Å². The van der Waals surface area contributed by atoms with Crippen LogP contribution < -0.4 is 14.8 Å². The van der Waals surface area contributed by atoms with Crippen LogP contribution in [-0.4, -0.2) is 42.0 Å². The number of hydrogen-bond donors (Lipinski definition) is 2. The van der Waals surface area contributed by atoms with E-state index in [0.29, 0.717) is 34.8 Å². The van der Waals surface area contributed by atoms with Crippen LogP contribution in [0.1, 0.15) is 66.7 Å². The Kier molecular flexibility index (Phi) is 10.7. The maximum Gasteiger partial charge on any atom is 0.408 e. The van der Waals surface area contributed by atoms with E-state index in [-0.39, 0.29) is 6.61 Å². The van der Waals surface area contributed by atoms with Gasteiger partial charge in [-0.3, -0.25) is 4.79 Å². The van der Waals surface area contributed by atoms with Crippen molar-refractivity contribution >= 4 is 18.0 Å². The predicted octanol–water partition coefficient (Wildman–Crippen LogP) is 6.33. The molecular weight excluding hydrogens is 614 g/mol. The summed E-state index contributed by atoms with van der Waals surface area (Å²) in [5.41, 5.74) is 2.51. The summed E-state index contributed by atoms with van der Waals surface area (Å²) in [6.45, 7) is 5.71. The molecule has 1 aliphatic rings. The van der Waals surface area contributed by atoms with Crippen LogP contribution in [0.15, 0.2) is 103 Å². The van der Waals surface area contributed by atoms with E-state index in [1.54, 1.807) is 51.1 Å². The lowest BCUT2D eigenvalue weighted by Crippen LogP contribution is -2.41. The van der Waals surface area contributed by atoms with E-state index >= 15 is 0 Å². The second-order valence-electron chi connectivity index (χ2n) is 12.3. The molecule has 0 unspecified atom stereocenters. The first kappa shape index (κ1) is 34.0. The van der Waals surface area contributed by atoms with Gasteiger partial charge in [0.05, 0.1) is 13.2 Å². The Morgan fingerprint density at radius 1 is 0.854 bits per heavy atom. The van der Waals surface area contributed by atoms with E-state index in [0.717, 1.165) is 18.2 Å². The summed E-state index contributed by atoms with van der Waals surface area (Å²) in [4.78, 5) is 39.1. The van der Waals surface area contributed by atoms with Crippen LogP contribution in [0.5, 0.6) is 11.5 Å². The van der Waals surface area contributed by atoms with E-state index in [9.17, 15) is 19.5 Å². The molecule has 10 nitrogen and oxygen atoms in total. The third-order valence-electron chi connectivity index (χ3n) is 7.65. The molecule has 0 aliphatic carbocycles. The highest BCUT2D eigenvalue weighted by molar-refractivity contribution is 5.82. The third-order valence-corrected chi connectivity index (χ3v) is 7.65. The van der Waals surface area contributed by atoms with E-state index in [1.165, 1.54) is 0 Å². The molecule has 0 saturated carbocycles. The minimum Gasteiger partial charge on any atom is -0.489 e. The molecule has 0 spiro atoms. The number of ether oxygens (including phenoxy) is 5. The summed E-state index contributed by atoms with van der Waals surface area (Å²) in [6.07, 6.45) is -3.39. The number of benzene rings is 4. The van der Waals surface area contributed by atoms with E-state index < -0.39 is 47.8 Å². The second-order valence-corrected chi connectivity index (χ2v) is 12.3. The van der Waals surface area contributed by atoms with Crippen molar-refractivity contribution in [1.82, 2.24) is 5.32 Å². The summed E-state index contributed by atoms with van der Waals surface area (Å²) in [7, 11) is 1.13. The number of carbonyl (C=O) groups excluding carboxylic acids is 3. The zero-order chi connectivity index (χ0) is 34.3. The van der Waals surface area contributed by atoms with Crippen molar-refractivity contribution in [3.05, 3.63) is 131 Å². The van der Waals surface area contributed by atoms with Crippen molar-refractivity contribution in [3.63, 3.8) is 0 Å². The van der Waals surface area contributed by atoms with Gasteiger partial charge in [-0.15, -0.1) is 0 Å². The highest BCUT2D eigenvalue weighted by atomic mass is 16.6. The lowest BCUT2D eigenvalue weighted by atomic mass is 9.88. The summed E-state index contributed by atoms with van der Waals surface area (Å²) >= 11 is 0. The Hall–Kier alpha value is -5.35. The van der Waals surface area contributed by atoms with Crippen LogP contribution in [0, 0.1) is 0 Å². The van der Waals surface area contributed by atoms with Gasteiger partial charge in [-0.2, -0.15) is 0 Å². The summed E-state index contributed by atoms with van der Waals surface area (Å²) in [5, 5.41) is 13.5. The zero-order valence-corrected chi connectivity index (χ0v) is 27.3. The Morgan fingerprint density at radius 2 is 1.48 bits per heavy atom. The molecule has 250 valence electrons. The first-order chi connectivity index (χ1) is 23.0. The molecule has 10 heteroatoms.